The van der Waals surface area contributed by atoms with Gasteiger partial charge in [0.25, 0.3) is 5.69 Å². The SMILES string of the molecule is O=[N+]([O-])c1ccc(NC(=S)Nc2ccc(Cl)c(-c3nccc4ccccc34)c2)cc1. The number of aromatic nitrogens is 1. The van der Waals surface area contributed by atoms with Crippen LogP contribution in [0.4, 0.5) is 17.1 Å². The molecule has 6 nitrogen and oxygen atoms in total. The summed E-state index contributed by atoms with van der Waals surface area (Å²) in [4.78, 5) is 14.9. The fourth-order valence-electron chi connectivity index (χ4n) is 3.08. The number of nitro groups is 1. The zero-order valence-corrected chi connectivity index (χ0v) is 17.1. The lowest BCUT2D eigenvalue weighted by Crippen LogP contribution is -2.19. The van der Waals surface area contributed by atoms with E-state index in [4.69, 9.17) is 23.8 Å². The van der Waals surface area contributed by atoms with Gasteiger partial charge in [0.2, 0.25) is 0 Å². The first-order chi connectivity index (χ1) is 14.5. The molecule has 148 valence electrons. The van der Waals surface area contributed by atoms with Gasteiger partial charge in [0.1, 0.15) is 0 Å². The molecule has 2 N–H and O–H groups in total. The van der Waals surface area contributed by atoms with Crippen molar-refractivity contribution >= 4 is 56.8 Å². The Hall–Kier alpha value is -3.55. The Morgan fingerprint density at radius 3 is 2.43 bits per heavy atom. The molecule has 0 amide bonds. The number of hydrogen-bond donors (Lipinski definition) is 2. The van der Waals surface area contributed by atoms with Crippen LogP contribution >= 0.6 is 23.8 Å². The lowest BCUT2D eigenvalue weighted by molar-refractivity contribution is -0.384. The van der Waals surface area contributed by atoms with Gasteiger partial charge in [-0.1, -0.05) is 35.9 Å². The molecule has 0 fully saturated rings. The van der Waals surface area contributed by atoms with Crippen LogP contribution in [0.3, 0.4) is 0 Å². The molecule has 8 heteroatoms. The highest BCUT2D eigenvalue weighted by Gasteiger charge is 2.11. The van der Waals surface area contributed by atoms with Crippen molar-refractivity contribution in [3.63, 3.8) is 0 Å². The molecule has 0 aliphatic rings. The van der Waals surface area contributed by atoms with Crippen molar-refractivity contribution in [2.45, 2.75) is 0 Å². The Morgan fingerprint density at radius 2 is 1.67 bits per heavy atom. The summed E-state index contributed by atoms with van der Waals surface area (Å²) < 4.78 is 0. The van der Waals surface area contributed by atoms with Crippen molar-refractivity contribution in [1.29, 1.82) is 0 Å². The third-order valence-electron chi connectivity index (χ3n) is 4.49. The number of nitro benzene ring substituents is 1. The van der Waals surface area contributed by atoms with Gasteiger partial charge in [-0.25, -0.2) is 0 Å². The van der Waals surface area contributed by atoms with Crippen molar-refractivity contribution in [2.75, 3.05) is 10.6 Å². The summed E-state index contributed by atoms with van der Waals surface area (Å²) in [6, 6.07) is 21.5. The number of halogens is 1. The molecule has 4 rings (SSSR count). The predicted molar refractivity (Wildman–Crippen MR) is 125 cm³/mol. The molecule has 1 heterocycles. The number of nitrogens with zero attached hydrogens (tertiary/aromatic N) is 2. The molecule has 0 saturated heterocycles. The molecule has 0 unspecified atom stereocenters. The largest absolute Gasteiger partial charge is 0.332 e. The average molecular weight is 435 g/mol. The van der Waals surface area contributed by atoms with Crippen molar-refractivity contribution < 1.29 is 4.92 Å². The molecule has 0 aliphatic heterocycles. The summed E-state index contributed by atoms with van der Waals surface area (Å²) in [6.45, 7) is 0. The summed E-state index contributed by atoms with van der Waals surface area (Å²) in [5.74, 6) is 0. The minimum absolute atomic E-state index is 0.0179. The molecule has 30 heavy (non-hydrogen) atoms. The first-order valence-electron chi connectivity index (χ1n) is 8.97. The van der Waals surface area contributed by atoms with E-state index in [0.717, 1.165) is 27.7 Å². The van der Waals surface area contributed by atoms with Crippen LogP contribution in [0.5, 0.6) is 0 Å². The van der Waals surface area contributed by atoms with Gasteiger partial charge in [0.15, 0.2) is 5.11 Å². The lowest BCUT2D eigenvalue weighted by Gasteiger charge is -2.13. The number of thiocarbonyl (C=S) groups is 1. The van der Waals surface area contributed by atoms with Crippen LogP contribution in [-0.4, -0.2) is 15.0 Å². The van der Waals surface area contributed by atoms with Crippen LogP contribution in [0, 0.1) is 10.1 Å². The molecule has 0 aliphatic carbocycles. The van der Waals surface area contributed by atoms with Crippen LogP contribution in [0.1, 0.15) is 0 Å². The summed E-state index contributed by atoms with van der Waals surface area (Å²) in [7, 11) is 0. The highest BCUT2D eigenvalue weighted by atomic mass is 35.5. The highest BCUT2D eigenvalue weighted by Crippen LogP contribution is 2.33. The molecule has 3 aromatic carbocycles. The number of hydrogen-bond acceptors (Lipinski definition) is 4. The number of nitrogens with one attached hydrogen (secondary N) is 2. The molecular formula is C22H15ClN4O2S. The van der Waals surface area contributed by atoms with Crippen molar-refractivity contribution in [1.82, 2.24) is 4.98 Å². The summed E-state index contributed by atoms with van der Waals surface area (Å²) in [5, 5.41) is 19.9. The third-order valence-corrected chi connectivity index (χ3v) is 5.02. The molecule has 0 bridgehead atoms. The zero-order valence-electron chi connectivity index (χ0n) is 15.5. The standard InChI is InChI=1S/C22H15ClN4O2S/c23-20-10-7-16(26-22(30)25-15-5-8-17(9-6-15)27(28)29)13-19(20)21-18-4-2-1-3-14(18)11-12-24-21/h1-13H,(H2,25,26,30). The Balaban J connectivity index is 1.57. The maximum absolute atomic E-state index is 10.8. The van der Waals surface area contributed by atoms with Crippen LogP contribution < -0.4 is 10.6 Å². The molecule has 0 radical (unpaired) electrons. The van der Waals surface area contributed by atoms with Gasteiger partial charge in [-0.2, -0.15) is 0 Å². The van der Waals surface area contributed by atoms with E-state index in [1.54, 1.807) is 24.4 Å². The first-order valence-corrected chi connectivity index (χ1v) is 9.76. The van der Waals surface area contributed by atoms with Crippen LogP contribution in [0.15, 0.2) is 79.0 Å². The van der Waals surface area contributed by atoms with E-state index in [2.05, 4.69) is 15.6 Å². The second-order valence-corrected chi connectivity index (χ2v) is 7.27. The molecular weight excluding hydrogens is 420 g/mol. The zero-order chi connectivity index (χ0) is 21.1. The van der Waals surface area contributed by atoms with E-state index in [-0.39, 0.29) is 5.69 Å². The van der Waals surface area contributed by atoms with Gasteiger partial charge in [0.05, 0.1) is 15.6 Å². The van der Waals surface area contributed by atoms with E-state index in [1.165, 1.54) is 12.1 Å². The van der Waals surface area contributed by atoms with E-state index >= 15 is 0 Å². The number of non-ortho nitro benzene ring substituents is 1. The summed E-state index contributed by atoms with van der Waals surface area (Å²) in [5.41, 5.74) is 2.98. The quantitative estimate of drug-likeness (QED) is 0.224. The van der Waals surface area contributed by atoms with E-state index in [9.17, 15) is 10.1 Å². The average Bonchev–Trinajstić information content (AvgIpc) is 2.75. The van der Waals surface area contributed by atoms with Crippen LogP contribution in [0.2, 0.25) is 5.02 Å². The van der Waals surface area contributed by atoms with Gasteiger partial charge in [-0.15, -0.1) is 0 Å². The second-order valence-electron chi connectivity index (χ2n) is 6.46. The topological polar surface area (TPSA) is 80.1 Å². The first kappa shape index (κ1) is 19.8. The smallest absolute Gasteiger partial charge is 0.269 e. The molecule has 0 saturated carbocycles. The molecule has 1 aromatic heterocycles. The van der Waals surface area contributed by atoms with Gasteiger partial charge < -0.3 is 10.6 Å². The van der Waals surface area contributed by atoms with Crippen LogP contribution in [-0.2, 0) is 0 Å². The fraction of sp³-hybridized carbons (Fsp3) is 0. The van der Waals surface area contributed by atoms with E-state index < -0.39 is 4.92 Å². The Bertz CT molecular complexity index is 1260. The van der Waals surface area contributed by atoms with Crippen molar-refractivity contribution in [3.05, 3.63) is 94.1 Å². The van der Waals surface area contributed by atoms with Crippen molar-refractivity contribution in [2.24, 2.45) is 0 Å². The highest BCUT2D eigenvalue weighted by molar-refractivity contribution is 7.80. The Morgan fingerprint density at radius 1 is 0.967 bits per heavy atom. The van der Waals surface area contributed by atoms with E-state index in [0.29, 0.717) is 15.8 Å². The Kier molecular flexibility index (Phi) is 5.56. The molecule has 0 spiro atoms. The second kappa shape index (κ2) is 8.44. The maximum atomic E-state index is 10.8. The predicted octanol–water partition coefficient (Wildman–Crippen LogP) is 6.27. The minimum atomic E-state index is -0.448. The number of benzene rings is 3. The van der Waals surface area contributed by atoms with Gasteiger partial charge in [0, 0.05) is 40.7 Å². The van der Waals surface area contributed by atoms with E-state index in [1.807, 2.05) is 42.5 Å². The Labute approximate surface area is 182 Å². The van der Waals surface area contributed by atoms with Gasteiger partial charge in [-0.3, -0.25) is 15.1 Å². The number of anilines is 2. The minimum Gasteiger partial charge on any atom is -0.332 e. The number of fused-ring (bicyclic) bond motifs is 1. The monoisotopic (exact) mass is 434 g/mol. The van der Waals surface area contributed by atoms with Gasteiger partial charge >= 0.3 is 0 Å². The van der Waals surface area contributed by atoms with Crippen molar-refractivity contribution in [3.8, 4) is 11.3 Å². The lowest BCUT2D eigenvalue weighted by atomic mass is 10.0. The molecule has 0 atom stereocenters. The van der Waals surface area contributed by atoms with Crippen LogP contribution in [0.25, 0.3) is 22.0 Å². The normalized spacial score (nSPS) is 10.6. The number of pyridine rings is 1. The fourth-order valence-corrected chi connectivity index (χ4v) is 3.52. The van der Waals surface area contributed by atoms with Gasteiger partial charge in [-0.05, 0) is 54.0 Å². The maximum Gasteiger partial charge on any atom is 0.269 e. The summed E-state index contributed by atoms with van der Waals surface area (Å²) >= 11 is 11.8. The molecule has 4 aromatic rings. The number of rotatable bonds is 4. The summed E-state index contributed by atoms with van der Waals surface area (Å²) in [6.07, 6.45) is 1.76. The third kappa shape index (κ3) is 4.22.